The molecule has 6 heteroatoms. The molecule has 0 amide bonds. The lowest BCUT2D eigenvalue weighted by Gasteiger charge is -2.14. The fourth-order valence-electron chi connectivity index (χ4n) is 2.38. The van der Waals surface area contributed by atoms with Gasteiger partial charge in [-0.05, 0) is 30.4 Å². The highest BCUT2D eigenvalue weighted by Crippen LogP contribution is 2.46. The van der Waals surface area contributed by atoms with Gasteiger partial charge in [-0.2, -0.15) is 0 Å². The Kier molecular flexibility index (Phi) is 2.57. The van der Waals surface area contributed by atoms with Crippen molar-refractivity contribution in [3.8, 4) is 0 Å². The van der Waals surface area contributed by atoms with E-state index in [0.717, 1.165) is 12.8 Å². The van der Waals surface area contributed by atoms with E-state index in [1.54, 1.807) is 12.1 Å². The number of carboxylic acid groups (broad SMARTS) is 1. The molecule has 0 atom stereocenters. The normalized spacial score (nSPS) is 16.2. The predicted molar refractivity (Wildman–Crippen MR) is 73.1 cm³/mol. The second-order valence-corrected chi connectivity index (χ2v) is 5.66. The van der Waals surface area contributed by atoms with Crippen LogP contribution in [0.15, 0.2) is 27.8 Å². The molecule has 1 heterocycles. The van der Waals surface area contributed by atoms with Crippen LogP contribution in [0.1, 0.15) is 30.1 Å². The van der Waals surface area contributed by atoms with Gasteiger partial charge in [-0.3, -0.25) is 9.59 Å². The minimum atomic E-state index is -1.13. The number of hydrogen-bond acceptors (Lipinski definition) is 3. The van der Waals surface area contributed by atoms with Crippen LogP contribution in [0.2, 0.25) is 0 Å². The van der Waals surface area contributed by atoms with Crippen molar-refractivity contribution in [2.75, 3.05) is 0 Å². The first-order chi connectivity index (χ1) is 9.41. The fraction of sp³-hybridized carbons (Fsp3) is 0.357. The highest BCUT2D eigenvalue weighted by atomic mass is 16.4. The third kappa shape index (κ3) is 1.93. The molecule has 3 rings (SSSR count). The van der Waals surface area contributed by atoms with Crippen LogP contribution in [0.25, 0.3) is 11.0 Å². The predicted octanol–water partition coefficient (Wildman–Crippen LogP) is 1.19. The molecule has 0 unspecified atom stereocenters. The molecule has 0 aliphatic heterocycles. The van der Waals surface area contributed by atoms with Gasteiger partial charge in [0.1, 0.15) is 0 Å². The van der Waals surface area contributed by atoms with E-state index in [-0.39, 0.29) is 16.5 Å². The van der Waals surface area contributed by atoms with Gasteiger partial charge < -0.3 is 14.7 Å². The fourth-order valence-corrected chi connectivity index (χ4v) is 2.38. The number of para-hydroxylation sites is 1. The van der Waals surface area contributed by atoms with Crippen molar-refractivity contribution < 1.29 is 9.90 Å². The second kappa shape index (κ2) is 4.06. The first kappa shape index (κ1) is 12.7. The zero-order valence-electron chi connectivity index (χ0n) is 11.0. The molecule has 20 heavy (non-hydrogen) atoms. The van der Waals surface area contributed by atoms with Crippen molar-refractivity contribution >= 4 is 17.0 Å². The van der Waals surface area contributed by atoms with Gasteiger partial charge in [0.2, 0.25) is 0 Å². The van der Waals surface area contributed by atoms with E-state index in [2.05, 4.69) is 4.98 Å². The number of carbonyl (C=O) groups is 1. The monoisotopic (exact) mass is 274 g/mol. The van der Waals surface area contributed by atoms with E-state index < -0.39 is 17.1 Å². The number of benzene rings is 1. The molecular weight excluding hydrogens is 260 g/mol. The lowest BCUT2D eigenvalue weighted by molar-refractivity contribution is 0.0699. The molecule has 6 nitrogen and oxygen atoms in total. The van der Waals surface area contributed by atoms with E-state index in [0.29, 0.717) is 12.1 Å². The Bertz CT molecular complexity index is 827. The average molecular weight is 274 g/mol. The maximum Gasteiger partial charge on any atom is 0.337 e. The summed E-state index contributed by atoms with van der Waals surface area (Å²) in [4.78, 5) is 37.4. The molecule has 104 valence electrons. The Balaban J connectivity index is 2.35. The topological polar surface area (TPSA) is 92.2 Å². The van der Waals surface area contributed by atoms with Crippen LogP contribution in [0.3, 0.4) is 0 Å². The quantitative estimate of drug-likeness (QED) is 0.822. The van der Waals surface area contributed by atoms with Crippen molar-refractivity contribution in [3.05, 3.63) is 44.5 Å². The number of aromatic amines is 1. The molecule has 0 bridgehead atoms. The third-order valence-corrected chi connectivity index (χ3v) is 3.88. The Morgan fingerprint density at radius 2 is 2.10 bits per heavy atom. The highest BCUT2D eigenvalue weighted by molar-refractivity contribution is 6.00. The van der Waals surface area contributed by atoms with E-state index in [4.69, 9.17) is 5.11 Å². The molecule has 2 N–H and O–H groups in total. The number of aromatic nitrogens is 2. The number of carboxylic acids is 1. The zero-order chi connectivity index (χ0) is 14.5. The molecule has 1 aliphatic rings. The van der Waals surface area contributed by atoms with Gasteiger partial charge >= 0.3 is 17.1 Å². The van der Waals surface area contributed by atoms with Crippen molar-refractivity contribution in [3.63, 3.8) is 0 Å². The molecule has 1 aromatic carbocycles. The van der Waals surface area contributed by atoms with Crippen LogP contribution in [0.4, 0.5) is 0 Å². The number of nitrogens with zero attached hydrogens (tertiary/aromatic N) is 1. The first-order valence-electron chi connectivity index (χ1n) is 6.40. The maximum atomic E-state index is 12.0. The molecule has 2 aromatic rings. The molecule has 1 aromatic heterocycles. The van der Waals surface area contributed by atoms with Gasteiger partial charge in [-0.1, -0.05) is 13.0 Å². The summed E-state index contributed by atoms with van der Waals surface area (Å²) >= 11 is 0. The van der Waals surface area contributed by atoms with Gasteiger partial charge in [0.25, 0.3) is 0 Å². The van der Waals surface area contributed by atoms with E-state index in [1.165, 1.54) is 10.6 Å². The Labute approximate surface area is 113 Å². The summed E-state index contributed by atoms with van der Waals surface area (Å²) in [6, 6.07) is 4.65. The van der Waals surface area contributed by atoms with E-state index in [1.807, 2.05) is 6.92 Å². The number of hydrogen-bond donors (Lipinski definition) is 2. The molecule has 0 saturated heterocycles. The smallest absolute Gasteiger partial charge is 0.337 e. The summed E-state index contributed by atoms with van der Waals surface area (Å²) in [6.07, 6.45) is 2.01. The summed E-state index contributed by atoms with van der Waals surface area (Å²) in [5, 5.41) is 9.17. The van der Waals surface area contributed by atoms with Crippen LogP contribution < -0.4 is 11.1 Å². The maximum absolute atomic E-state index is 12.0. The Morgan fingerprint density at radius 1 is 1.40 bits per heavy atom. The molecule has 0 spiro atoms. The SMILES string of the molecule is CC1(Cn2c(=O)c(=O)[nH]c3c(C(=O)O)cccc32)CC1. The Morgan fingerprint density at radius 3 is 2.70 bits per heavy atom. The number of fused-ring (bicyclic) bond motifs is 1. The summed E-state index contributed by atoms with van der Waals surface area (Å²) < 4.78 is 1.40. The second-order valence-electron chi connectivity index (χ2n) is 5.66. The Hall–Kier alpha value is -2.37. The molecule has 0 radical (unpaired) electrons. The van der Waals surface area contributed by atoms with Crippen LogP contribution in [0, 0.1) is 5.41 Å². The van der Waals surface area contributed by atoms with Gasteiger partial charge in [-0.25, -0.2) is 4.79 Å². The van der Waals surface area contributed by atoms with Gasteiger partial charge in [-0.15, -0.1) is 0 Å². The van der Waals surface area contributed by atoms with Crippen molar-refractivity contribution in [1.29, 1.82) is 0 Å². The van der Waals surface area contributed by atoms with Crippen LogP contribution in [-0.2, 0) is 6.54 Å². The lowest BCUT2D eigenvalue weighted by Crippen LogP contribution is -2.38. The van der Waals surface area contributed by atoms with Crippen molar-refractivity contribution in [1.82, 2.24) is 9.55 Å². The zero-order valence-corrected chi connectivity index (χ0v) is 11.0. The third-order valence-electron chi connectivity index (χ3n) is 3.88. The highest BCUT2D eigenvalue weighted by Gasteiger charge is 2.38. The standard InChI is InChI=1S/C14H14N2O4/c1-14(5-6-14)7-16-9-4-2-3-8(13(19)20)10(9)15-11(17)12(16)18/h2-4H,5-7H2,1H3,(H,15,17)(H,19,20). The first-order valence-corrected chi connectivity index (χ1v) is 6.40. The van der Waals surface area contributed by atoms with Crippen LogP contribution in [0.5, 0.6) is 0 Å². The molecular formula is C14H14N2O4. The minimum Gasteiger partial charge on any atom is -0.478 e. The number of H-pyrrole nitrogens is 1. The van der Waals surface area contributed by atoms with Gasteiger partial charge in [0.05, 0.1) is 16.6 Å². The van der Waals surface area contributed by atoms with Crippen molar-refractivity contribution in [2.24, 2.45) is 5.41 Å². The van der Waals surface area contributed by atoms with Crippen LogP contribution >= 0.6 is 0 Å². The summed E-state index contributed by atoms with van der Waals surface area (Å²) in [7, 11) is 0. The van der Waals surface area contributed by atoms with Gasteiger partial charge in [0.15, 0.2) is 0 Å². The van der Waals surface area contributed by atoms with Crippen molar-refractivity contribution in [2.45, 2.75) is 26.3 Å². The molecule has 1 aliphatic carbocycles. The summed E-state index contributed by atoms with van der Waals surface area (Å²) in [5.74, 6) is -1.13. The lowest BCUT2D eigenvalue weighted by atomic mass is 10.1. The number of nitrogens with one attached hydrogen (secondary N) is 1. The minimum absolute atomic E-state index is 0.00528. The largest absolute Gasteiger partial charge is 0.478 e. The summed E-state index contributed by atoms with van der Waals surface area (Å²) in [5.41, 5.74) is -0.724. The average Bonchev–Trinajstić information content (AvgIpc) is 3.12. The van der Waals surface area contributed by atoms with E-state index in [9.17, 15) is 14.4 Å². The number of aromatic carboxylic acids is 1. The number of rotatable bonds is 3. The molecule has 1 fully saturated rings. The van der Waals surface area contributed by atoms with Crippen LogP contribution in [-0.4, -0.2) is 20.6 Å². The van der Waals surface area contributed by atoms with E-state index >= 15 is 0 Å². The molecule has 1 saturated carbocycles. The summed E-state index contributed by atoms with van der Waals surface area (Å²) in [6.45, 7) is 2.49. The van der Waals surface area contributed by atoms with Gasteiger partial charge in [0, 0.05) is 6.54 Å².